The van der Waals surface area contributed by atoms with Crippen molar-refractivity contribution < 1.29 is 9.18 Å². The number of hydrogen-bond acceptors (Lipinski definition) is 2. The van der Waals surface area contributed by atoms with Gasteiger partial charge in [-0.15, -0.1) is 0 Å². The first kappa shape index (κ1) is 16.4. The van der Waals surface area contributed by atoms with E-state index in [4.69, 9.17) is 0 Å². The van der Waals surface area contributed by atoms with Crippen molar-refractivity contribution in [2.45, 2.75) is 20.3 Å². The third kappa shape index (κ3) is 4.78. The topological polar surface area (TPSA) is 32.3 Å². The van der Waals surface area contributed by atoms with E-state index in [1.54, 1.807) is 6.07 Å². The van der Waals surface area contributed by atoms with E-state index in [2.05, 4.69) is 40.0 Å². The Kier molecular flexibility index (Phi) is 5.76. The molecule has 2 rings (SSSR count). The molecule has 1 aromatic carbocycles. The zero-order valence-corrected chi connectivity index (χ0v) is 14.1. The van der Waals surface area contributed by atoms with Crippen molar-refractivity contribution in [3.05, 3.63) is 34.1 Å². The number of benzene rings is 1. The Labute approximate surface area is 134 Å². The van der Waals surface area contributed by atoms with Gasteiger partial charge in [0.05, 0.1) is 5.56 Å². The van der Waals surface area contributed by atoms with E-state index in [0.29, 0.717) is 28.4 Å². The lowest BCUT2D eigenvalue weighted by molar-refractivity contribution is 0.0935. The fourth-order valence-corrected chi connectivity index (χ4v) is 3.50. The van der Waals surface area contributed by atoms with Crippen LogP contribution in [0.5, 0.6) is 0 Å². The molecular formula is C16H22BrFN2O. The molecule has 1 heterocycles. The highest BCUT2D eigenvalue weighted by Gasteiger charge is 2.21. The molecule has 0 aliphatic carbocycles. The highest BCUT2D eigenvalue weighted by molar-refractivity contribution is 9.10. The van der Waals surface area contributed by atoms with Crippen LogP contribution in [0.4, 0.5) is 4.39 Å². The quantitative estimate of drug-likeness (QED) is 0.897. The van der Waals surface area contributed by atoms with Crippen molar-refractivity contribution in [2.75, 3.05) is 26.2 Å². The zero-order chi connectivity index (χ0) is 15.4. The molecule has 1 aliphatic rings. The molecule has 0 saturated carbocycles. The van der Waals surface area contributed by atoms with Crippen LogP contribution in [0.2, 0.25) is 0 Å². The molecule has 1 aromatic rings. The van der Waals surface area contributed by atoms with Crippen molar-refractivity contribution in [2.24, 2.45) is 11.8 Å². The van der Waals surface area contributed by atoms with Crippen molar-refractivity contribution >= 4 is 21.8 Å². The molecule has 0 spiro atoms. The van der Waals surface area contributed by atoms with Crippen molar-refractivity contribution in [1.82, 2.24) is 10.2 Å². The number of nitrogens with one attached hydrogen (secondary N) is 1. The number of hydrogen-bond donors (Lipinski definition) is 1. The van der Waals surface area contributed by atoms with E-state index < -0.39 is 5.82 Å². The molecule has 2 atom stereocenters. The Bertz CT molecular complexity index is 499. The van der Waals surface area contributed by atoms with E-state index >= 15 is 0 Å². The first-order chi connectivity index (χ1) is 9.95. The lowest BCUT2D eigenvalue weighted by Gasteiger charge is -2.34. The van der Waals surface area contributed by atoms with Crippen LogP contribution in [-0.4, -0.2) is 37.0 Å². The molecule has 1 fully saturated rings. The molecule has 0 bridgehead atoms. The van der Waals surface area contributed by atoms with Crippen LogP contribution < -0.4 is 5.32 Å². The number of carbonyl (C=O) groups is 1. The van der Waals surface area contributed by atoms with Crippen LogP contribution in [0.15, 0.2) is 22.7 Å². The molecule has 0 aromatic heterocycles. The highest BCUT2D eigenvalue weighted by Crippen LogP contribution is 2.20. The molecule has 1 amide bonds. The molecule has 5 heteroatoms. The normalized spacial score (nSPS) is 23.0. The van der Waals surface area contributed by atoms with Gasteiger partial charge >= 0.3 is 0 Å². The largest absolute Gasteiger partial charge is 0.351 e. The van der Waals surface area contributed by atoms with Crippen LogP contribution in [-0.2, 0) is 0 Å². The average Bonchev–Trinajstić information content (AvgIpc) is 2.40. The summed E-state index contributed by atoms with van der Waals surface area (Å²) in [5.74, 6) is 0.783. The number of rotatable bonds is 4. The minimum atomic E-state index is -0.401. The van der Waals surface area contributed by atoms with Crippen molar-refractivity contribution in [3.8, 4) is 0 Å². The average molecular weight is 357 g/mol. The minimum Gasteiger partial charge on any atom is -0.351 e. The van der Waals surface area contributed by atoms with Gasteiger partial charge in [-0.05, 0) is 52.4 Å². The summed E-state index contributed by atoms with van der Waals surface area (Å²) in [6.07, 6.45) is 1.28. The van der Waals surface area contributed by atoms with E-state index in [-0.39, 0.29) is 5.91 Å². The Morgan fingerprint density at radius 1 is 1.38 bits per heavy atom. The fraction of sp³-hybridized carbons (Fsp3) is 0.562. The summed E-state index contributed by atoms with van der Waals surface area (Å²) in [5, 5.41) is 2.87. The summed E-state index contributed by atoms with van der Waals surface area (Å²) < 4.78 is 13.8. The maximum absolute atomic E-state index is 13.2. The summed E-state index contributed by atoms with van der Waals surface area (Å²) in [6, 6.07) is 4.14. The van der Waals surface area contributed by atoms with Crippen LogP contribution in [0, 0.1) is 17.7 Å². The summed E-state index contributed by atoms with van der Waals surface area (Å²) >= 11 is 3.28. The van der Waals surface area contributed by atoms with E-state index in [1.807, 2.05) is 0 Å². The number of halogens is 2. The number of piperidine rings is 1. The molecule has 3 nitrogen and oxygen atoms in total. The van der Waals surface area contributed by atoms with Gasteiger partial charge in [-0.1, -0.05) is 13.8 Å². The molecule has 1 aliphatic heterocycles. The van der Waals surface area contributed by atoms with Crippen LogP contribution in [0.3, 0.4) is 0 Å². The van der Waals surface area contributed by atoms with E-state index in [9.17, 15) is 9.18 Å². The zero-order valence-electron chi connectivity index (χ0n) is 12.5. The predicted molar refractivity (Wildman–Crippen MR) is 85.8 cm³/mol. The summed E-state index contributed by atoms with van der Waals surface area (Å²) in [6.45, 7) is 8.14. The van der Waals surface area contributed by atoms with Crippen molar-refractivity contribution in [1.29, 1.82) is 0 Å². The van der Waals surface area contributed by atoms with Crippen LogP contribution in [0.25, 0.3) is 0 Å². The monoisotopic (exact) mass is 356 g/mol. The molecule has 116 valence electrons. The smallest absolute Gasteiger partial charge is 0.252 e. The Balaban J connectivity index is 1.83. The second kappa shape index (κ2) is 7.36. The molecule has 1 saturated heterocycles. The Hall–Kier alpha value is -0.940. The van der Waals surface area contributed by atoms with Gasteiger partial charge in [-0.25, -0.2) is 4.39 Å². The number of likely N-dealkylation sites (tertiary alicyclic amines) is 1. The maximum atomic E-state index is 13.2. The Morgan fingerprint density at radius 2 is 2.05 bits per heavy atom. The van der Waals surface area contributed by atoms with Gasteiger partial charge in [0, 0.05) is 30.7 Å². The van der Waals surface area contributed by atoms with Crippen LogP contribution in [0.1, 0.15) is 30.6 Å². The minimum absolute atomic E-state index is 0.237. The van der Waals surface area contributed by atoms with E-state index in [0.717, 1.165) is 19.6 Å². The lowest BCUT2D eigenvalue weighted by Crippen LogP contribution is -2.42. The number of nitrogens with zero attached hydrogens (tertiary/aromatic N) is 1. The van der Waals surface area contributed by atoms with Gasteiger partial charge in [0.1, 0.15) is 5.82 Å². The van der Waals surface area contributed by atoms with E-state index in [1.165, 1.54) is 18.6 Å². The van der Waals surface area contributed by atoms with Crippen molar-refractivity contribution in [3.63, 3.8) is 0 Å². The van der Waals surface area contributed by atoms with Gasteiger partial charge in [0.15, 0.2) is 0 Å². The molecule has 0 unspecified atom stereocenters. The number of amides is 1. The third-order valence-electron chi connectivity index (χ3n) is 3.83. The van der Waals surface area contributed by atoms with Gasteiger partial charge < -0.3 is 10.2 Å². The number of carbonyl (C=O) groups excluding carboxylic acids is 1. The fourth-order valence-electron chi connectivity index (χ4n) is 3.07. The van der Waals surface area contributed by atoms with Gasteiger partial charge in [0.25, 0.3) is 5.91 Å². The summed E-state index contributed by atoms with van der Waals surface area (Å²) in [4.78, 5) is 14.5. The predicted octanol–water partition coefficient (Wildman–Crippen LogP) is 3.30. The highest BCUT2D eigenvalue weighted by atomic mass is 79.9. The molecule has 1 N–H and O–H groups in total. The molecular weight excluding hydrogens is 335 g/mol. The van der Waals surface area contributed by atoms with Gasteiger partial charge in [0.2, 0.25) is 0 Å². The third-order valence-corrected chi connectivity index (χ3v) is 4.52. The molecule has 0 radical (unpaired) electrons. The molecule has 21 heavy (non-hydrogen) atoms. The second-order valence-corrected chi connectivity index (χ2v) is 6.94. The van der Waals surface area contributed by atoms with Gasteiger partial charge in [-0.3, -0.25) is 4.79 Å². The maximum Gasteiger partial charge on any atom is 0.252 e. The summed E-state index contributed by atoms with van der Waals surface area (Å²) in [5.41, 5.74) is 0.343. The first-order valence-electron chi connectivity index (χ1n) is 7.41. The lowest BCUT2D eigenvalue weighted by atomic mass is 9.92. The summed E-state index contributed by atoms with van der Waals surface area (Å²) in [7, 11) is 0. The SMILES string of the molecule is C[C@@H]1C[C@@H](C)CN(CCNC(=O)c2cc(F)ccc2Br)C1. The standard InChI is InChI=1S/C16H22BrFN2O/c1-11-7-12(2)10-20(9-11)6-5-19-16(21)14-8-13(18)3-4-15(14)17/h3-4,8,11-12H,5-7,9-10H2,1-2H3,(H,19,21)/t11-,12-/m1/s1. The first-order valence-corrected chi connectivity index (χ1v) is 8.20. The Morgan fingerprint density at radius 3 is 2.71 bits per heavy atom. The second-order valence-electron chi connectivity index (χ2n) is 6.09. The van der Waals surface area contributed by atoms with Crippen LogP contribution >= 0.6 is 15.9 Å². The van der Waals surface area contributed by atoms with Gasteiger partial charge in [-0.2, -0.15) is 0 Å².